The second kappa shape index (κ2) is 9.85. The van der Waals surface area contributed by atoms with Gasteiger partial charge in [0, 0.05) is 19.2 Å². The Kier molecular flexibility index (Phi) is 6.53. The van der Waals surface area contributed by atoms with Crippen molar-refractivity contribution in [3.8, 4) is 22.8 Å². The van der Waals surface area contributed by atoms with Crippen LogP contribution in [0.25, 0.3) is 11.3 Å². The first-order chi connectivity index (χ1) is 15.2. The van der Waals surface area contributed by atoms with Gasteiger partial charge in [-0.2, -0.15) is 0 Å². The van der Waals surface area contributed by atoms with E-state index in [-0.39, 0.29) is 0 Å². The summed E-state index contributed by atoms with van der Waals surface area (Å²) < 4.78 is 13.4. The van der Waals surface area contributed by atoms with E-state index in [0.717, 1.165) is 39.8 Å². The zero-order valence-electron chi connectivity index (χ0n) is 17.9. The summed E-state index contributed by atoms with van der Waals surface area (Å²) in [5.74, 6) is 2.57. The second-order valence-electron chi connectivity index (χ2n) is 7.26. The molecule has 0 fully saturated rings. The van der Waals surface area contributed by atoms with E-state index in [9.17, 15) is 0 Å². The lowest BCUT2D eigenvalue weighted by atomic mass is 10.1. The van der Waals surface area contributed by atoms with Crippen molar-refractivity contribution in [3.63, 3.8) is 0 Å². The SMILES string of the molecule is CCOc1ccc(-c2cnc(NCc3ccc(OCc4ccccc4)cc3)n2C)cc1. The molecule has 0 saturated carbocycles. The molecule has 0 aliphatic heterocycles. The fourth-order valence-electron chi connectivity index (χ4n) is 3.36. The largest absolute Gasteiger partial charge is 0.494 e. The lowest BCUT2D eigenvalue weighted by molar-refractivity contribution is 0.306. The summed E-state index contributed by atoms with van der Waals surface area (Å²) in [7, 11) is 2.02. The highest BCUT2D eigenvalue weighted by Crippen LogP contribution is 2.24. The van der Waals surface area contributed by atoms with Gasteiger partial charge in [0.1, 0.15) is 18.1 Å². The van der Waals surface area contributed by atoms with E-state index in [1.54, 1.807) is 0 Å². The zero-order chi connectivity index (χ0) is 21.5. The standard InChI is InChI=1S/C26H27N3O2/c1-3-30-23-15-11-22(12-16-23)25-18-28-26(29(25)2)27-17-20-9-13-24(14-10-20)31-19-21-7-5-4-6-8-21/h4-16,18H,3,17,19H2,1-2H3,(H,27,28). The fourth-order valence-corrected chi connectivity index (χ4v) is 3.36. The van der Waals surface area contributed by atoms with Crippen LogP contribution in [0, 0.1) is 0 Å². The molecule has 158 valence electrons. The highest BCUT2D eigenvalue weighted by Gasteiger charge is 2.09. The third-order valence-electron chi connectivity index (χ3n) is 5.07. The monoisotopic (exact) mass is 413 g/mol. The zero-order valence-corrected chi connectivity index (χ0v) is 17.9. The van der Waals surface area contributed by atoms with Gasteiger partial charge in [-0.3, -0.25) is 0 Å². The van der Waals surface area contributed by atoms with Crippen LogP contribution in [0.4, 0.5) is 5.95 Å². The first kappa shape index (κ1) is 20.5. The Labute approximate surface area is 183 Å². The van der Waals surface area contributed by atoms with Gasteiger partial charge in [-0.25, -0.2) is 4.98 Å². The van der Waals surface area contributed by atoms with Crippen LogP contribution in [-0.4, -0.2) is 16.2 Å². The van der Waals surface area contributed by atoms with E-state index in [4.69, 9.17) is 9.47 Å². The number of nitrogens with one attached hydrogen (secondary N) is 1. The molecule has 0 aliphatic rings. The van der Waals surface area contributed by atoms with Crippen molar-refractivity contribution in [2.45, 2.75) is 20.1 Å². The van der Waals surface area contributed by atoms with E-state index in [1.165, 1.54) is 0 Å². The van der Waals surface area contributed by atoms with Gasteiger partial charge in [0.15, 0.2) is 0 Å². The molecule has 5 heteroatoms. The van der Waals surface area contributed by atoms with Crippen LogP contribution in [0.5, 0.6) is 11.5 Å². The molecule has 4 rings (SSSR count). The van der Waals surface area contributed by atoms with Crippen LogP contribution >= 0.6 is 0 Å². The number of hydrogen-bond donors (Lipinski definition) is 1. The van der Waals surface area contributed by atoms with Crippen molar-refractivity contribution in [1.29, 1.82) is 0 Å². The Bertz CT molecular complexity index is 1090. The van der Waals surface area contributed by atoms with Gasteiger partial charge in [-0.1, -0.05) is 42.5 Å². The molecule has 0 aliphatic carbocycles. The molecule has 0 atom stereocenters. The normalized spacial score (nSPS) is 10.6. The van der Waals surface area contributed by atoms with Crippen molar-refractivity contribution in [2.75, 3.05) is 11.9 Å². The predicted molar refractivity (Wildman–Crippen MR) is 124 cm³/mol. The minimum Gasteiger partial charge on any atom is -0.494 e. The maximum Gasteiger partial charge on any atom is 0.203 e. The highest BCUT2D eigenvalue weighted by atomic mass is 16.5. The van der Waals surface area contributed by atoms with Gasteiger partial charge in [-0.05, 0) is 54.4 Å². The maximum absolute atomic E-state index is 5.86. The topological polar surface area (TPSA) is 48.3 Å². The Morgan fingerprint density at radius 2 is 1.48 bits per heavy atom. The Morgan fingerprint density at radius 1 is 0.806 bits per heavy atom. The summed E-state index contributed by atoms with van der Waals surface area (Å²) in [6.07, 6.45) is 1.89. The molecule has 0 unspecified atom stereocenters. The number of rotatable bonds is 9. The van der Waals surface area contributed by atoms with Gasteiger partial charge in [-0.15, -0.1) is 0 Å². The van der Waals surface area contributed by atoms with Gasteiger partial charge in [0.05, 0.1) is 18.5 Å². The summed E-state index contributed by atoms with van der Waals surface area (Å²) in [6, 6.07) is 26.4. The van der Waals surface area contributed by atoms with Gasteiger partial charge >= 0.3 is 0 Å². The lowest BCUT2D eigenvalue weighted by Crippen LogP contribution is -2.05. The summed E-state index contributed by atoms with van der Waals surface area (Å²) >= 11 is 0. The third-order valence-corrected chi connectivity index (χ3v) is 5.07. The van der Waals surface area contributed by atoms with Gasteiger partial charge in [0.25, 0.3) is 0 Å². The first-order valence-electron chi connectivity index (χ1n) is 10.5. The Balaban J connectivity index is 1.34. The molecule has 1 N–H and O–H groups in total. The number of benzene rings is 3. The van der Waals surface area contributed by atoms with E-state index >= 15 is 0 Å². The van der Waals surface area contributed by atoms with Crippen molar-refractivity contribution in [2.24, 2.45) is 7.05 Å². The van der Waals surface area contributed by atoms with E-state index in [1.807, 2.05) is 62.6 Å². The molecule has 0 amide bonds. The minimum absolute atomic E-state index is 0.569. The molecule has 1 heterocycles. The fraction of sp³-hybridized carbons (Fsp3) is 0.192. The van der Waals surface area contributed by atoms with Crippen molar-refractivity contribution in [1.82, 2.24) is 9.55 Å². The van der Waals surface area contributed by atoms with Crippen LogP contribution in [0.15, 0.2) is 85.1 Å². The quantitative estimate of drug-likeness (QED) is 0.384. The number of ether oxygens (including phenoxy) is 2. The highest BCUT2D eigenvalue weighted by molar-refractivity contribution is 5.62. The number of nitrogens with zero attached hydrogens (tertiary/aromatic N) is 2. The van der Waals surface area contributed by atoms with E-state index < -0.39 is 0 Å². The number of imidazole rings is 1. The van der Waals surface area contributed by atoms with Gasteiger partial charge < -0.3 is 19.4 Å². The lowest BCUT2D eigenvalue weighted by Gasteiger charge is -2.10. The molecule has 1 aromatic heterocycles. The average Bonchev–Trinajstić information content (AvgIpc) is 3.18. The maximum atomic E-state index is 5.86. The summed E-state index contributed by atoms with van der Waals surface area (Å²) in [5, 5.41) is 3.41. The molecule has 31 heavy (non-hydrogen) atoms. The molecule has 4 aromatic rings. The van der Waals surface area contributed by atoms with Crippen molar-refractivity contribution < 1.29 is 9.47 Å². The third kappa shape index (κ3) is 5.25. The number of hydrogen-bond acceptors (Lipinski definition) is 4. The summed E-state index contributed by atoms with van der Waals surface area (Å²) in [4.78, 5) is 4.54. The summed E-state index contributed by atoms with van der Waals surface area (Å²) in [5.41, 5.74) is 4.48. The molecule has 3 aromatic carbocycles. The molecule has 0 bridgehead atoms. The molecular weight excluding hydrogens is 386 g/mol. The van der Waals surface area contributed by atoms with E-state index in [0.29, 0.717) is 19.8 Å². The predicted octanol–water partition coefficient (Wildman–Crippen LogP) is 5.68. The molecule has 5 nitrogen and oxygen atoms in total. The Morgan fingerprint density at radius 3 is 2.19 bits per heavy atom. The van der Waals surface area contributed by atoms with Crippen molar-refractivity contribution >= 4 is 5.95 Å². The molecular formula is C26H27N3O2. The molecule has 0 radical (unpaired) electrons. The molecule has 0 spiro atoms. The average molecular weight is 414 g/mol. The summed E-state index contributed by atoms with van der Waals surface area (Å²) in [6.45, 7) is 3.91. The van der Waals surface area contributed by atoms with Crippen LogP contribution in [0.1, 0.15) is 18.1 Å². The van der Waals surface area contributed by atoms with Crippen LogP contribution in [0.2, 0.25) is 0 Å². The Hall–Kier alpha value is -3.73. The smallest absolute Gasteiger partial charge is 0.203 e. The minimum atomic E-state index is 0.569. The van der Waals surface area contributed by atoms with Crippen LogP contribution < -0.4 is 14.8 Å². The first-order valence-corrected chi connectivity index (χ1v) is 10.5. The second-order valence-corrected chi connectivity index (χ2v) is 7.26. The van der Waals surface area contributed by atoms with Crippen molar-refractivity contribution in [3.05, 3.63) is 96.2 Å². The number of aromatic nitrogens is 2. The number of anilines is 1. The van der Waals surface area contributed by atoms with E-state index in [2.05, 4.69) is 51.3 Å². The molecule has 0 saturated heterocycles. The van der Waals surface area contributed by atoms with Crippen LogP contribution in [0.3, 0.4) is 0 Å². The van der Waals surface area contributed by atoms with Crippen LogP contribution in [-0.2, 0) is 20.2 Å². The van der Waals surface area contributed by atoms with Gasteiger partial charge in [0.2, 0.25) is 5.95 Å².